The summed E-state index contributed by atoms with van der Waals surface area (Å²) >= 11 is 11.8. The summed E-state index contributed by atoms with van der Waals surface area (Å²) < 4.78 is 5.47. The third kappa shape index (κ3) is 5.15. The van der Waals surface area contributed by atoms with E-state index in [1.165, 1.54) is 0 Å². The number of rotatable bonds is 6. The highest BCUT2D eigenvalue weighted by Gasteiger charge is 2.17. The van der Waals surface area contributed by atoms with Crippen molar-refractivity contribution >= 4 is 29.1 Å². The van der Waals surface area contributed by atoms with Crippen LogP contribution in [0.2, 0.25) is 10.0 Å². The van der Waals surface area contributed by atoms with Crippen LogP contribution in [0.25, 0.3) is 0 Å². The monoisotopic (exact) mass is 331 g/mol. The quantitative estimate of drug-likeness (QED) is 0.842. The molecule has 2 atom stereocenters. The van der Waals surface area contributed by atoms with Crippen molar-refractivity contribution in [2.45, 2.75) is 37.9 Å². The van der Waals surface area contributed by atoms with Crippen molar-refractivity contribution in [3.63, 3.8) is 0 Å². The van der Waals surface area contributed by atoms with E-state index in [-0.39, 0.29) is 18.6 Å². The van der Waals surface area contributed by atoms with Crippen LogP contribution in [0.5, 0.6) is 0 Å². The van der Waals surface area contributed by atoms with Crippen LogP contribution >= 0.6 is 23.2 Å². The van der Waals surface area contributed by atoms with Crippen LogP contribution in [0.1, 0.15) is 37.4 Å². The molecule has 1 aromatic rings. The van der Waals surface area contributed by atoms with Crippen molar-refractivity contribution in [1.29, 1.82) is 0 Å². The van der Waals surface area contributed by atoms with Crippen molar-refractivity contribution in [3.05, 3.63) is 33.8 Å². The Morgan fingerprint density at radius 1 is 1.48 bits per heavy atom. The topological polar surface area (TPSA) is 58.6 Å². The zero-order valence-electron chi connectivity index (χ0n) is 11.6. The maximum Gasteiger partial charge on any atom is 0.220 e. The molecule has 0 aliphatic carbocycles. The van der Waals surface area contributed by atoms with E-state index in [2.05, 4.69) is 5.32 Å². The molecule has 2 N–H and O–H groups in total. The Labute approximate surface area is 134 Å². The molecule has 116 valence electrons. The first-order chi connectivity index (χ1) is 10.1. The van der Waals surface area contributed by atoms with E-state index in [9.17, 15) is 9.90 Å². The second-order valence-electron chi connectivity index (χ2n) is 5.16. The molecule has 4 nitrogen and oxygen atoms in total. The van der Waals surface area contributed by atoms with Crippen LogP contribution in [0.3, 0.4) is 0 Å². The number of nitrogens with one attached hydrogen (secondary N) is 1. The zero-order chi connectivity index (χ0) is 15.2. The lowest BCUT2D eigenvalue weighted by Gasteiger charge is -2.14. The Morgan fingerprint density at radius 3 is 2.95 bits per heavy atom. The number of aliphatic hydroxyl groups is 1. The van der Waals surface area contributed by atoms with Gasteiger partial charge in [-0.2, -0.15) is 0 Å². The molecule has 1 fully saturated rings. The van der Waals surface area contributed by atoms with Gasteiger partial charge in [-0.05, 0) is 31.4 Å². The third-order valence-corrected chi connectivity index (χ3v) is 4.09. The van der Waals surface area contributed by atoms with Gasteiger partial charge in [0.05, 0.1) is 12.2 Å². The number of hydrogen-bond acceptors (Lipinski definition) is 3. The lowest BCUT2D eigenvalue weighted by molar-refractivity contribution is -0.122. The summed E-state index contributed by atoms with van der Waals surface area (Å²) in [6, 6.07) is 4.89. The summed E-state index contributed by atoms with van der Waals surface area (Å²) in [5, 5.41) is 13.7. The van der Waals surface area contributed by atoms with Crippen molar-refractivity contribution in [2.75, 3.05) is 13.2 Å². The molecular formula is C15H19Cl2NO3. The molecule has 21 heavy (non-hydrogen) atoms. The maximum atomic E-state index is 11.7. The summed E-state index contributed by atoms with van der Waals surface area (Å²) in [7, 11) is 0. The lowest BCUT2D eigenvalue weighted by Crippen LogP contribution is -2.29. The van der Waals surface area contributed by atoms with Gasteiger partial charge < -0.3 is 15.2 Å². The minimum absolute atomic E-state index is 0.0883. The van der Waals surface area contributed by atoms with E-state index < -0.39 is 6.10 Å². The highest BCUT2D eigenvalue weighted by molar-refractivity contribution is 6.35. The number of hydrogen-bond donors (Lipinski definition) is 2. The number of aliphatic hydroxyl groups excluding tert-OH is 1. The Kier molecular flexibility index (Phi) is 6.30. The van der Waals surface area contributed by atoms with E-state index >= 15 is 0 Å². The molecule has 0 spiro atoms. The van der Waals surface area contributed by atoms with Gasteiger partial charge in [-0.1, -0.05) is 29.3 Å². The molecule has 1 amide bonds. The van der Waals surface area contributed by atoms with Crippen LogP contribution in [-0.4, -0.2) is 30.3 Å². The van der Waals surface area contributed by atoms with E-state index in [1.807, 2.05) is 0 Å². The summed E-state index contributed by atoms with van der Waals surface area (Å²) in [6.45, 7) is 0.922. The SMILES string of the molecule is O=C(CC[C@@H]1CCCO1)NC[C@H](O)c1ccc(Cl)cc1Cl. The van der Waals surface area contributed by atoms with Crippen LogP contribution in [0.15, 0.2) is 18.2 Å². The first-order valence-electron chi connectivity index (χ1n) is 7.07. The number of amides is 1. The minimum Gasteiger partial charge on any atom is -0.387 e. The van der Waals surface area contributed by atoms with E-state index in [0.29, 0.717) is 22.0 Å². The van der Waals surface area contributed by atoms with Crippen molar-refractivity contribution in [2.24, 2.45) is 0 Å². The maximum absolute atomic E-state index is 11.7. The molecule has 0 unspecified atom stereocenters. The summed E-state index contributed by atoms with van der Waals surface area (Å²) in [5.74, 6) is -0.0883. The molecular weight excluding hydrogens is 313 g/mol. The number of halogens is 2. The van der Waals surface area contributed by atoms with Gasteiger partial charge in [0.1, 0.15) is 0 Å². The Balaban J connectivity index is 1.74. The second-order valence-corrected chi connectivity index (χ2v) is 6.00. The molecule has 0 radical (unpaired) electrons. The third-order valence-electron chi connectivity index (χ3n) is 3.53. The van der Waals surface area contributed by atoms with E-state index in [0.717, 1.165) is 25.9 Å². The van der Waals surface area contributed by atoms with Gasteiger partial charge in [-0.15, -0.1) is 0 Å². The molecule has 0 saturated carbocycles. The van der Waals surface area contributed by atoms with Crippen molar-refractivity contribution in [1.82, 2.24) is 5.32 Å². The van der Waals surface area contributed by atoms with Crippen LogP contribution < -0.4 is 5.32 Å². The Hall–Kier alpha value is -0.810. The molecule has 1 saturated heterocycles. The number of carbonyl (C=O) groups is 1. The van der Waals surface area contributed by atoms with Crippen LogP contribution in [0.4, 0.5) is 0 Å². The first-order valence-corrected chi connectivity index (χ1v) is 7.83. The van der Waals surface area contributed by atoms with E-state index in [4.69, 9.17) is 27.9 Å². The summed E-state index contributed by atoms with van der Waals surface area (Å²) in [4.78, 5) is 11.7. The molecule has 6 heteroatoms. The second kappa shape index (κ2) is 7.99. The minimum atomic E-state index is -0.846. The predicted octanol–water partition coefficient (Wildman–Crippen LogP) is 3.10. The zero-order valence-corrected chi connectivity index (χ0v) is 13.2. The first kappa shape index (κ1) is 16.6. The molecule has 1 aliphatic heterocycles. The van der Waals surface area contributed by atoms with Gasteiger partial charge in [-0.3, -0.25) is 4.79 Å². The summed E-state index contributed by atoms with van der Waals surface area (Å²) in [6.07, 6.45) is 2.58. The fraction of sp³-hybridized carbons (Fsp3) is 0.533. The normalized spacial score (nSPS) is 19.5. The van der Waals surface area contributed by atoms with Crippen molar-refractivity contribution < 1.29 is 14.6 Å². The molecule has 0 aromatic heterocycles. The van der Waals surface area contributed by atoms with Crippen molar-refractivity contribution in [3.8, 4) is 0 Å². The number of benzene rings is 1. The fourth-order valence-corrected chi connectivity index (χ4v) is 2.88. The van der Waals surface area contributed by atoms with Gasteiger partial charge in [-0.25, -0.2) is 0 Å². The molecule has 1 aliphatic rings. The predicted molar refractivity (Wildman–Crippen MR) is 82.6 cm³/mol. The van der Waals surface area contributed by atoms with Gasteiger partial charge in [0.2, 0.25) is 5.91 Å². The highest BCUT2D eigenvalue weighted by atomic mass is 35.5. The summed E-state index contributed by atoms with van der Waals surface area (Å²) in [5.41, 5.74) is 0.556. The van der Waals surface area contributed by atoms with Gasteiger partial charge in [0.15, 0.2) is 0 Å². The fourth-order valence-electron chi connectivity index (χ4n) is 2.34. The molecule has 0 bridgehead atoms. The largest absolute Gasteiger partial charge is 0.387 e. The average Bonchev–Trinajstić information content (AvgIpc) is 2.95. The highest BCUT2D eigenvalue weighted by Crippen LogP contribution is 2.26. The van der Waals surface area contributed by atoms with E-state index in [1.54, 1.807) is 18.2 Å². The van der Waals surface area contributed by atoms with Gasteiger partial charge in [0.25, 0.3) is 0 Å². The van der Waals surface area contributed by atoms with Crippen LogP contribution in [-0.2, 0) is 9.53 Å². The Morgan fingerprint density at radius 2 is 2.29 bits per heavy atom. The van der Waals surface area contributed by atoms with Gasteiger partial charge >= 0.3 is 0 Å². The lowest BCUT2D eigenvalue weighted by atomic mass is 10.1. The number of ether oxygens (including phenoxy) is 1. The smallest absolute Gasteiger partial charge is 0.220 e. The standard InChI is InChI=1S/C15H19Cl2NO3/c16-10-3-5-12(13(17)8-10)14(19)9-18-15(20)6-4-11-2-1-7-21-11/h3,5,8,11,14,19H,1-2,4,6-7,9H2,(H,18,20)/t11-,14-/m0/s1. The number of carbonyl (C=O) groups excluding carboxylic acids is 1. The van der Waals surface area contributed by atoms with Crippen LogP contribution in [0, 0.1) is 0 Å². The van der Waals surface area contributed by atoms with Gasteiger partial charge in [0, 0.05) is 35.2 Å². The average molecular weight is 332 g/mol. The molecule has 2 rings (SSSR count). The Bertz CT molecular complexity index is 490. The molecule has 1 heterocycles. The molecule has 1 aromatic carbocycles.